The molecule has 0 amide bonds. The SMILES string of the molecule is [Li+].c1cc(Oc2ccsc2)cs1. The van der Waals surface area contributed by atoms with Gasteiger partial charge in [-0.05, 0) is 22.9 Å². The van der Waals surface area contributed by atoms with E-state index < -0.39 is 0 Å². The normalized spacial score (nSPS) is 9.00. The molecule has 0 N–H and O–H groups in total. The molecule has 12 heavy (non-hydrogen) atoms. The van der Waals surface area contributed by atoms with Crippen LogP contribution in [0.2, 0.25) is 0 Å². The van der Waals surface area contributed by atoms with E-state index >= 15 is 0 Å². The largest absolute Gasteiger partial charge is 1.00 e. The van der Waals surface area contributed by atoms with Crippen molar-refractivity contribution in [1.29, 1.82) is 0 Å². The number of thiophene rings is 2. The van der Waals surface area contributed by atoms with Gasteiger partial charge in [0.2, 0.25) is 0 Å². The first-order chi connectivity index (χ1) is 5.45. The van der Waals surface area contributed by atoms with Crippen molar-refractivity contribution in [3.05, 3.63) is 33.7 Å². The molecule has 0 saturated heterocycles. The second kappa shape index (κ2) is 4.73. The van der Waals surface area contributed by atoms with Gasteiger partial charge >= 0.3 is 18.9 Å². The standard InChI is InChI=1S/C8H6OS2.Li/c1-3-10-5-7(1)9-8-2-4-11-6-8;/h1-6H;/q;+1. The van der Waals surface area contributed by atoms with Gasteiger partial charge in [-0.25, -0.2) is 0 Å². The Balaban J connectivity index is 0.000000720. The zero-order valence-corrected chi connectivity index (χ0v) is 8.32. The summed E-state index contributed by atoms with van der Waals surface area (Å²) in [5.74, 6) is 1.85. The van der Waals surface area contributed by atoms with Crippen molar-refractivity contribution in [2.45, 2.75) is 0 Å². The van der Waals surface area contributed by atoms with E-state index in [0.717, 1.165) is 11.5 Å². The molecule has 0 spiro atoms. The predicted molar refractivity (Wildman–Crippen MR) is 48.7 cm³/mol. The Bertz CT molecular complexity index is 269. The van der Waals surface area contributed by atoms with Gasteiger partial charge in [-0.3, -0.25) is 0 Å². The van der Waals surface area contributed by atoms with E-state index in [4.69, 9.17) is 4.74 Å². The van der Waals surface area contributed by atoms with Crippen LogP contribution in [0.4, 0.5) is 0 Å². The average molecular weight is 189 g/mol. The Morgan fingerprint density at radius 1 is 0.917 bits per heavy atom. The summed E-state index contributed by atoms with van der Waals surface area (Å²) in [7, 11) is 0. The van der Waals surface area contributed by atoms with Gasteiger partial charge in [0.05, 0.1) is 0 Å². The van der Waals surface area contributed by atoms with E-state index in [1.807, 2.05) is 33.7 Å². The summed E-state index contributed by atoms with van der Waals surface area (Å²) in [5, 5.41) is 7.97. The molecule has 0 radical (unpaired) electrons. The van der Waals surface area contributed by atoms with Crippen LogP contribution in [0.5, 0.6) is 11.5 Å². The van der Waals surface area contributed by atoms with Crippen LogP contribution in [0.1, 0.15) is 0 Å². The summed E-state index contributed by atoms with van der Waals surface area (Å²) in [6.45, 7) is 0. The van der Waals surface area contributed by atoms with Crippen LogP contribution >= 0.6 is 22.7 Å². The van der Waals surface area contributed by atoms with Gasteiger partial charge in [0.1, 0.15) is 11.5 Å². The van der Waals surface area contributed by atoms with Crippen molar-refractivity contribution in [1.82, 2.24) is 0 Å². The van der Waals surface area contributed by atoms with Crippen molar-refractivity contribution < 1.29 is 23.6 Å². The monoisotopic (exact) mass is 189 g/mol. The Labute approximate surface area is 91.2 Å². The summed E-state index contributed by atoms with van der Waals surface area (Å²) in [4.78, 5) is 0. The van der Waals surface area contributed by atoms with E-state index in [1.165, 1.54) is 0 Å². The number of ether oxygens (including phenoxy) is 1. The maximum absolute atomic E-state index is 5.48. The molecular formula is C8H6LiOS2+. The molecule has 0 unspecified atom stereocenters. The first-order valence-corrected chi connectivity index (χ1v) is 5.06. The molecule has 0 fully saturated rings. The van der Waals surface area contributed by atoms with E-state index in [0.29, 0.717) is 0 Å². The molecule has 1 nitrogen and oxygen atoms in total. The van der Waals surface area contributed by atoms with Crippen molar-refractivity contribution in [3.63, 3.8) is 0 Å². The molecule has 4 heteroatoms. The summed E-state index contributed by atoms with van der Waals surface area (Å²) in [6.07, 6.45) is 0. The van der Waals surface area contributed by atoms with Crippen molar-refractivity contribution in [3.8, 4) is 11.5 Å². The smallest absolute Gasteiger partial charge is 0.456 e. The van der Waals surface area contributed by atoms with Crippen LogP contribution < -0.4 is 23.6 Å². The van der Waals surface area contributed by atoms with Gasteiger partial charge in [0, 0.05) is 10.8 Å². The quantitative estimate of drug-likeness (QED) is 0.629. The summed E-state index contributed by atoms with van der Waals surface area (Å²) >= 11 is 3.28. The fourth-order valence-corrected chi connectivity index (χ4v) is 1.86. The molecule has 56 valence electrons. The van der Waals surface area contributed by atoms with Crippen LogP contribution in [-0.4, -0.2) is 0 Å². The van der Waals surface area contributed by atoms with E-state index in [2.05, 4.69) is 0 Å². The molecule has 0 bridgehead atoms. The molecule has 0 aliphatic heterocycles. The summed E-state index contributed by atoms with van der Waals surface area (Å²) < 4.78 is 5.48. The molecule has 0 saturated carbocycles. The minimum absolute atomic E-state index is 0. The average Bonchev–Trinajstić information content (AvgIpc) is 2.60. The van der Waals surface area contributed by atoms with Gasteiger partial charge < -0.3 is 4.74 Å². The maximum atomic E-state index is 5.48. The number of hydrogen-bond donors (Lipinski definition) is 0. The molecule has 2 aromatic heterocycles. The fourth-order valence-electron chi connectivity index (χ4n) is 0.756. The molecular weight excluding hydrogens is 183 g/mol. The summed E-state index contributed by atoms with van der Waals surface area (Å²) in [6, 6.07) is 3.92. The van der Waals surface area contributed by atoms with E-state index in [1.54, 1.807) is 22.7 Å². The first kappa shape index (κ1) is 9.88. The van der Waals surface area contributed by atoms with Gasteiger partial charge in [0.25, 0.3) is 0 Å². The Morgan fingerprint density at radius 3 is 1.75 bits per heavy atom. The second-order valence-electron chi connectivity index (χ2n) is 2.02. The van der Waals surface area contributed by atoms with Crippen LogP contribution in [0.3, 0.4) is 0 Å². The topological polar surface area (TPSA) is 9.23 Å². The minimum Gasteiger partial charge on any atom is -0.456 e. The zero-order valence-electron chi connectivity index (χ0n) is 6.69. The molecule has 0 aromatic carbocycles. The van der Waals surface area contributed by atoms with E-state index in [-0.39, 0.29) is 18.9 Å². The maximum Gasteiger partial charge on any atom is 1.00 e. The Morgan fingerprint density at radius 2 is 1.42 bits per heavy atom. The van der Waals surface area contributed by atoms with Crippen molar-refractivity contribution in [2.24, 2.45) is 0 Å². The van der Waals surface area contributed by atoms with Crippen LogP contribution in [0.15, 0.2) is 33.7 Å². The number of hydrogen-bond acceptors (Lipinski definition) is 3. The third-order valence-electron chi connectivity index (χ3n) is 1.23. The Kier molecular flexibility index (Phi) is 3.90. The first-order valence-electron chi connectivity index (χ1n) is 3.17. The predicted octanol–water partition coefficient (Wildman–Crippen LogP) is 0.606. The Hall–Kier alpha value is -0.203. The van der Waals surface area contributed by atoms with Gasteiger partial charge in [-0.2, -0.15) is 0 Å². The molecule has 2 heterocycles. The van der Waals surface area contributed by atoms with Gasteiger partial charge in [0.15, 0.2) is 0 Å². The third kappa shape index (κ3) is 2.39. The van der Waals surface area contributed by atoms with Crippen LogP contribution in [0, 0.1) is 0 Å². The molecule has 2 aromatic rings. The molecule has 0 atom stereocenters. The van der Waals surface area contributed by atoms with Crippen LogP contribution in [-0.2, 0) is 0 Å². The van der Waals surface area contributed by atoms with Crippen molar-refractivity contribution >= 4 is 22.7 Å². The van der Waals surface area contributed by atoms with E-state index in [9.17, 15) is 0 Å². The zero-order chi connectivity index (χ0) is 7.52. The fraction of sp³-hybridized carbons (Fsp3) is 0. The van der Waals surface area contributed by atoms with Gasteiger partial charge in [-0.1, -0.05) is 0 Å². The molecule has 0 aliphatic carbocycles. The third-order valence-corrected chi connectivity index (χ3v) is 2.55. The van der Waals surface area contributed by atoms with Gasteiger partial charge in [-0.15, -0.1) is 22.7 Å². The minimum atomic E-state index is 0. The second-order valence-corrected chi connectivity index (χ2v) is 3.58. The summed E-state index contributed by atoms with van der Waals surface area (Å²) in [5.41, 5.74) is 0. The molecule has 0 aliphatic rings. The van der Waals surface area contributed by atoms with Crippen LogP contribution in [0.25, 0.3) is 0 Å². The van der Waals surface area contributed by atoms with Crippen molar-refractivity contribution in [2.75, 3.05) is 0 Å². The molecule has 2 rings (SSSR count). The number of rotatable bonds is 2.